The van der Waals surface area contributed by atoms with Gasteiger partial charge in [-0.2, -0.15) is 8.42 Å². The molecule has 7 aliphatic rings. The number of ketones is 1. The molecule has 8 atom stereocenters. The second kappa shape index (κ2) is 9.60. The van der Waals surface area contributed by atoms with Crippen LogP contribution >= 0.6 is 0 Å². The van der Waals surface area contributed by atoms with Crippen LogP contribution in [-0.4, -0.2) is 48.9 Å². The fourth-order valence-corrected chi connectivity index (χ4v) is 10.9. The predicted octanol–water partition coefficient (Wildman–Crippen LogP) is 4.20. The second-order valence-electron chi connectivity index (χ2n) is 14.5. The molecule has 1 aromatic rings. The molecule has 43 heavy (non-hydrogen) atoms. The van der Waals surface area contributed by atoms with E-state index in [0.29, 0.717) is 42.7 Å². The molecule has 7 unspecified atom stereocenters. The lowest BCUT2D eigenvalue weighted by Crippen LogP contribution is -2.56. The maximum absolute atomic E-state index is 13.8. The Kier molecular flexibility index (Phi) is 6.47. The Morgan fingerprint density at radius 2 is 1.56 bits per heavy atom. The third kappa shape index (κ3) is 4.31. The van der Waals surface area contributed by atoms with Crippen molar-refractivity contribution in [2.75, 3.05) is 0 Å². The second-order valence-corrected chi connectivity index (χ2v) is 15.9. The monoisotopic (exact) mass is 614 g/mol. The first-order valence-corrected chi connectivity index (χ1v) is 16.9. The predicted molar refractivity (Wildman–Crippen MR) is 149 cm³/mol. The zero-order valence-corrected chi connectivity index (χ0v) is 25.6. The highest BCUT2D eigenvalue weighted by atomic mass is 32.2. The van der Waals surface area contributed by atoms with Crippen molar-refractivity contribution in [1.82, 2.24) is 0 Å². The molecule has 6 saturated carbocycles. The van der Waals surface area contributed by atoms with Gasteiger partial charge in [0.05, 0.1) is 17.3 Å². The molecule has 8 rings (SSSR count). The molecule has 11 heteroatoms. The van der Waals surface area contributed by atoms with Crippen molar-refractivity contribution < 1.29 is 46.4 Å². The number of hydrogen-bond acceptors (Lipinski definition) is 9. The zero-order valence-electron chi connectivity index (χ0n) is 24.8. The standard InChI is InChI=1S/C32H38O10S/c1-13(2)19-7-18(8-20(14(3)4)28(19)43(37,38)39)40-29(34)23-22-9-21-24(23)30(35)41-26(21)27(22)42-31(36)32-10-15-5-16(11-32)25(33)17(6-15)12-32/h7-8,13-17,21-24,26-27H,5-6,9-12H2,1-4H3,(H,37,38,39)/t15?,16?,17?,21?,22?,23-,24?,26?,27?,32?/m1/s1. The van der Waals surface area contributed by atoms with Gasteiger partial charge in [0.15, 0.2) is 0 Å². The van der Waals surface area contributed by atoms with E-state index < -0.39 is 57.4 Å². The van der Waals surface area contributed by atoms with E-state index in [0.717, 1.165) is 12.8 Å². The Hall–Kier alpha value is -2.79. The summed E-state index contributed by atoms with van der Waals surface area (Å²) in [5.74, 6) is -3.80. The van der Waals surface area contributed by atoms with E-state index >= 15 is 0 Å². The molecule has 0 spiro atoms. The van der Waals surface area contributed by atoms with Crippen LogP contribution < -0.4 is 4.74 Å². The molecule has 1 N–H and O–H groups in total. The summed E-state index contributed by atoms with van der Waals surface area (Å²) in [4.78, 5) is 53.1. The summed E-state index contributed by atoms with van der Waals surface area (Å²) in [6, 6.07) is 2.90. The zero-order chi connectivity index (χ0) is 30.7. The quantitative estimate of drug-likeness (QED) is 0.269. The van der Waals surface area contributed by atoms with Crippen LogP contribution in [0.15, 0.2) is 17.0 Å². The lowest BCUT2D eigenvalue weighted by Gasteiger charge is -2.54. The number of esters is 3. The number of carbonyl (C=O) groups excluding carboxylic acids is 4. The van der Waals surface area contributed by atoms with Crippen LogP contribution in [0.3, 0.4) is 0 Å². The van der Waals surface area contributed by atoms with Gasteiger partial charge in [-0.15, -0.1) is 0 Å². The van der Waals surface area contributed by atoms with Gasteiger partial charge < -0.3 is 14.2 Å². The molecule has 1 aliphatic heterocycles. The fraction of sp³-hybridized carbons (Fsp3) is 0.688. The molecule has 1 saturated heterocycles. The van der Waals surface area contributed by atoms with Gasteiger partial charge in [0.2, 0.25) is 0 Å². The molecule has 0 radical (unpaired) electrons. The van der Waals surface area contributed by atoms with Crippen LogP contribution in [0.1, 0.15) is 89.2 Å². The smallest absolute Gasteiger partial charge is 0.315 e. The molecule has 6 bridgehead atoms. The van der Waals surface area contributed by atoms with Crippen LogP contribution in [0.4, 0.5) is 0 Å². The molecule has 10 nitrogen and oxygen atoms in total. The van der Waals surface area contributed by atoms with E-state index in [-0.39, 0.29) is 52.0 Å². The molecule has 0 aromatic heterocycles. The summed E-state index contributed by atoms with van der Waals surface area (Å²) in [6.07, 6.45) is 2.55. The number of fused-ring (bicyclic) bond motifs is 1. The Morgan fingerprint density at radius 1 is 0.953 bits per heavy atom. The normalized spacial score (nSPS) is 38.7. The van der Waals surface area contributed by atoms with Gasteiger partial charge in [-0.1, -0.05) is 27.7 Å². The molecule has 0 amide bonds. The van der Waals surface area contributed by atoms with Crippen LogP contribution in [0.2, 0.25) is 0 Å². The Bertz CT molecular complexity index is 1500. The van der Waals surface area contributed by atoms with Gasteiger partial charge in [-0.05, 0) is 79.5 Å². The SMILES string of the molecule is CC(C)c1cc(OC(=O)[C@@H]2C3CC4C(OC(=O)C42)C3OC(=O)C23CC4CC(C2)C(=O)C(C4)C3)cc(C(C)C)c1S(=O)(=O)O. The first kappa shape index (κ1) is 29.0. The van der Waals surface area contributed by atoms with Crippen molar-refractivity contribution in [1.29, 1.82) is 0 Å². The van der Waals surface area contributed by atoms with Crippen molar-refractivity contribution in [2.45, 2.75) is 95.2 Å². The van der Waals surface area contributed by atoms with Crippen molar-refractivity contribution in [3.63, 3.8) is 0 Å². The van der Waals surface area contributed by atoms with E-state index in [1.54, 1.807) is 27.7 Å². The summed E-state index contributed by atoms with van der Waals surface area (Å²) in [5.41, 5.74) is -0.0456. The number of hydrogen-bond donors (Lipinski definition) is 1. The number of ether oxygens (including phenoxy) is 3. The average molecular weight is 615 g/mol. The lowest BCUT2D eigenvalue weighted by atomic mass is 9.49. The first-order chi connectivity index (χ1) is 20.2. The number of carbonyl (C=O) groups is 4. The summed E-state index contributed by atoms with van der Waals surface area (Å²) < 4.78 is 52.4. The molecule has 6 aliphatic carbocycles. The molecule has 1 aromatic carbocycles. The van der Waals surface area contributed by atoms with Gasteiger partial charge in [-0.25, -0.2) is 0 Å². The lowest BCUT2D eigenvalue weighted by molar-refractivity contribution is -0.188. The minimum Gasteiger partial charge on any atom is -0.458 e. The third-order valence-corrected chi connectivity index (χ3v) is 12.3. The highest BCUT2D eigenvalue weighted by Crippen LogP contribution is 2.62. The maximum atomic E-state index is 13.8. The van der Waals surface area contributed by atoms with E-state index in [2.05, 4.69) is 0 Å². The van der Waals surface area contributed by atoms with E-state index in [9.17, 15) is 32.1 Å². The van der Waals surface area contributed by atoms with E-state index in [1.807, 2.05) is 0 Å². The largest absolute Gasteiger partial charge is 0.458 e. The van der Waals surface area contributed by atoms with Crippen LogP contribution in [0.25, 0.3) is 0 Å². The molecular formula is C32H38O10S. The van der Waals surface area contributed by atoms with Gasteiger partial charge in [0.1, 0.15) is 28.6 Å². The topological polar surface area (TPSA) is 150 Å². The maximum Gasteiger partial charge on any atom is 0.315 e. The van der Waals surface area contributed by atoms with Crippen LogP contribution in [0, 0.1) is 46.8 Å². The summed E-state index contributed by atoms with van der Waals surface area (Å²) in [7, 11) is -4.54. The fourth-order valence-electron chi connectivity index (χ4n) is 9.76. The van der Waals surface area contributed by atoms with Crippen molar-refractivity contribution in [3.05, 3.63) is 23.3 Å². The van der Waals surface area contributed by atoms with Gasteiger partial charge in [-0.3, -0.25) is 23.7 Å². The highest BCUT2D eigenvalue weighted by molar-refractivity contribution is 7.86. The minimum absolute atomic E-state index is 0.0890. The number of rotatable bonds is 7. The Balaban J connectivity index is 1.15. The highest BCUT2D eigenvalue weighted by Gasteiger charge is 2.71. The van der Waals surface area contributed by atoms with Crippen LogP contribution in [-0.2, 0) is 38.8 Å². The number of Topliss-reactive ketones (excluding diaryl/α,β-unsaturated/α-hetero) is 1. The first-order valence-electron chi connectivity index (χ1n) is 15.5. The summed E-state index contributed by atoms with van der Waals surface area (Å²) >= 11 is 0. The van der Waals surface area contributed by atoms with E-state index in [4.69, 9.17) is 14.2 Å². The molecule has 1 heterocycles. The van der Waals surface area contributed by atoms with Crippen molar-refractivity contribution >= 4 is 33.8 Å². The Labute approximate surface area is 251 Å². The average Bonchev–Trinajstić information content (AvgIpc) is 3.54. The van der Waals surface area contributed by atoms with Crippen LogP contribution in [0.5, 0.6) is 5.75 Å². The summed E-state index contributed by atoms with van der Waals surface area (Å²) in [5, 5.41) is 0. The summed E-state index contributed by atoms with van der Waals surface area (Å²) in [6.45, 7) is 7.12. The van der Waals surface area contributed by atoms with Crippen molar-refractivity contribution in [2.24, 2.45) is 46.8 Å². The molecule has 232 valence electrons. The molecular weight excluding hydrogens is 576 g/mol. The Morgan fingerprint density at radius 3 is 2.12 bits per heavy atom. The minimum atomic E-state index is -4.54. The van der Waals surface area contributed by atoms with E-state index in [1.165, 1.54) is 12.1 Å². The van der Waals surface area contributed by atoms with Gasteiger partial charge >= 0.3 is 17.9 Å². The van der Waals surface area contributed by atoms with Gasteiger partial charge in [0, 0.05) is 23.7 Å². The van der Waals surface area contributed by atoms with Crippen molar-refractivity contribution in [3.8, 4) is 5.75 Å². The molecule has 7 fully saturated rings. The third-order valence-electron chi connectivity index (χ3n) is 11.3. The van der Waals surface area contributed by atoms with Gasteiger partial charge in [0.25, 0.3) is 10.1 Å². The number of benzene rings is 1.